The van der Waals surface area contributed by atoms with E-state index in [0.717, 1.165) is 0 Å². The molecule has 0 saturated heterocycles. The summed E-state index contributed by atoms with van der Waals surface area (Å²) in [5.74, 6) is -0.338. The zero-order valence-electron chi connectivity index (χ0n) is 14.2. The lowest BCUT2D eigenvalue weighted by molar-refractivity contribution is 0.0526. The Hall–Kier alpha value is -3.05. The molecule has 0 fully saturated rings. The van der Waals surface area contributed by atoms with Gasteiger partial charge in [-0.05, 0) is 19.1 Å². The number of ether oxygens (including phenoxy) is 2. The number of carbonyl (C=O) groups is 2. The Kier molecular flexibility index (Phi) is 9.40. The van der Waals surface area contributed by atoms with Crippen LogP contribution in [0.15, 0.2) is 40.8 Å². The molecule has 2 rings (SSSR count). The van der Waals surface area contributed by atoms with Gasteiger partial charge in [0.1, 0.15) is 5.15 Å². The van der Waals surface area contributed by atoms with E-state index in [1.165, 1.54) is 13.2 Å². The van der Waals surface area contributed by atoms with E-state index >= 15 is 0 Å². The van der Waals surface area contributed by atoms with E-state index in [0.29, 0.717) is 12.2 Å². The SMILES string of the molecule is CCOC(=O)c1ccccc1.COc1cc(Cl)nc(NC(=O)N=S(=O)=O)n1. The molecule has 0 unspecified atom stereocenters. The second kappa shape index (κ2) is 11.5. The number of anilines is 1. The molecule has 1 heterocycles. The summed E-state index contributed by atoms with van der Waals surface area (Å²) in [5.41, 5.74) is 0.606. The zero-order valence-corrected chi connectivity index (χ0v) is 15.8. The van der Waals surface area contributed by atoms with Gasteiger partial charge in [-0.2, -0.15) is 13.4 Å². The molecule has 0 aliphatic carbocycles. The number of methoxy groups -OCH3 is 1. The Morgan fingerprint density at radius 1 is 1.22 bits per heavy atom. The van der Waals surface area contributed by atoms with E-state index < -0.39 is 16.5 Å². The Bertz CT molecular complexity index is 913. The van der Waals surface area contributed by atoms with Crippen LogP contribution in [0.1, 0.15) is 17.3 Å². The number of hydrogen-bond donors (Lipinski definition) is 1. The lowest BCUT2D eigenvalue weighted by Crippen LogP contribution is -2.09. The lowest BCUT2D eigenvalue weighted by Gasteiger charge is -2.02. The predicted molar refractivity (Wildman–Crippen MR) is 96.4 cm³/mol. The van der Waals surface area contributed by atoms with Crippen molar-refractivity contribution in [1.29, 1.82) is 0 Å². The standard InChI is InChI=1S/C9H10O2.C6H5ClN4O4S/c1-2-11-9(10)8-6-4-3-5-7-8;1-15-4-2-3(7)8-5(9-4)10-6(12)11-16(13)14/h3-7H,2H2,1H3;2H,1H3,(H,8,9,10,12). The highest BCUT2D eigenvalue weighted by Crippen LogP contribution is 2.15. The fourth-order valence-corrected chi connectivity index (χ4v) is 1.89. The van der Waals surface area contributed by atoms with Crippen molar-refractivity contribution in [1.82, 2.24) is 9.97 Å². The first-order valence-corrected chi connectivity index (χ1v) is 8.69. The quantitative estimate of drug-likeness (QED) is 0.595. The van der Waals surface area contributed by atoms with Crippen LogP contribution >= 0.6 is 11.6 Å². The maximum atomic E-state index is 11.0. The van der Waals surface area contributed by atoms with E-state index in [1.807, 2.05) is 23.5 Å². The average Bonchev–Trinajstić information content (AvgIpc) is 2.62. The highest BCUT2D eigenvalue weighted by molar-refractivity contribution is 7.62. The number of rotatable bonds is 4. The lowest BCUT2D eigenvalue weighted by atomic mass is 10.2. The fraction of sp³-hybridized carbons (Fsp3) is 0.200. The number of hydrogen-bond acceptors (Lipinski definition) is 8. The normalized spacial score (nSPS) is 9.30. The number of urea groups is 1. The van der Waals surface area contributed by atoms with Crippen molar-refractivity contribution >= 4 is 40.1 Å². The molecule has 1 aromatic heterocycles. The maximum absolute atomic E-state index is 11.0. The second-order valence-corrected chi connectivity index (χ2v) is 5.39. The largest absolute Gasteiger partial charge is 0.481 e. The molecular weight excluding hydrogens is 400 g/mol. The van der Waals surface area contributed by atoms with Gasteiger partial charge in [0, 0.05) is 6.07 Å². The first kappa shape index (κ1) is 22.0. The van der Waals surface area contributed by atoms with Crippen LogP contribution in [0.3, 0.4) is 0 Å². The molecule has 0 aliphatic heterocycles. The summed E-state index contributed by atoms with van der Waals surface area (Å²) >= 11 is 5.58. The summed E-state index contributed by atoms with van der Waals surface area (Å²) in [4.78, 5) is 29.2. The molecule has 12 heteroatoms. The van der Waals surface area contributed by atoms with Gasteiger partial charge in [-0.25, -0.2) is 14.6 Å². The Morgan fingerprint density at radius 3 is 2.44 bits per heavy atom. The monoisotopic (exact) mass is 414 g/mol. The van der Waals surface area contributed by atoms with Crippen molar-refractivity contribution in [3.05, 3.63) is 47.1 Å². The highest BCUT2D eigenvalue weighted by Gasteiger charge is 2.07. The maximum Gasteiger partial charge on any atom is 0.362 e. The number of amides is 2. The minimum Gasteiger partial charge on any atom is -0.481 e. The van der Waals surface area contributed by atoms with Crippen LogP contribution in [-0.2, 0) is 15.2 Å². The molecule has 1 aromatic carbocycles. The number of aromatic nitrogens is 2. The number of nitrogens with one attached hydrogen (secondary N) is 1. The molecule has 1 N–H and O–H groups in total. The van der Waals surface area contributed by atoms with Gasteiger partial charge < -0.3 is 9.47 Å². The summed E-state index contributed by atoms with van der Waals surface area (Å²) in [6.07, 6.45) is 0. The van der Waals surface area contributed by atoms with Crippen molar-refractivity contribution < 1.29 is 27.5 Å². The van der Waals surface area contributed by atoms with Crippen molar-refractivity contribution in [3.63, 3.8) is 0 Å². The van der Waals surface area contributed by atoms with Crippen LogP contribution in [-0.4, -0.2) is 44.1 Å². The number of nitrogens with zero attached hydrogens (tertiary/aromatic N) is 3. The summed E-state index contributed by atoms with van der Waals surface area (Å²) in [5, 5.41) is 2.04. The van der Waals surface area contributed by atoms with Crippen molar-refractivity contribution in [2.24, 2.45) is 4.36 Å². The molecule has 2 aromatic rings. The summed E-state index contributed by atoms with van der Waals surface area (Å²) in [6, 6.07) is 9.15. The van der Waals surface area contributed by atoms with Crippen LogP contribution in [0.2, 0.25) is 5.15 Å². The van der Waals surface area contributed by atoms with Crippen molar-refractivity contribution in [3.8, 4) is 5.88 Å². The summed E-state index contributed by atoms with van der Waals surface area (Å²) in [6.45, 7) is 2.22. The van der Waals surface area contributed by atoms with E-state index in [2.05, 4.69) is 14.3 Å². The topological polar surface area (TPSA) is 137 Å². The van der Waals surface area contributed by atoms with Gasteiger partial charge in [-0.15, -0.1) is 0 Å². The van der Waals surface area contributed by atoms with Crippen LogP contribution in [0, 0.1) is 0 Å². The van der Waals surface area contributed by atoms with Gasteiger partial charge >= 0.3 is 22.5 Å². The van der Waals surface area contributed by atoms with Gasteiger partial charge in [-0.1, -0.05) is 34.2 Å². The molecule has 0 bridgehead atoms. The third-order valence-corrected chi connectivity index (χ3v) is 3.05. The van der Waals surface area contributed by atoms with E-state index in [-0.39, 0.29) is 23.0 Å². The van der Waals surface area contributed by atoms with Crippen LogP contribution in [0.5, 0.6) is 5.88 Å². The molecule has 144 valence electrons. The van der Waals surface area contributed by atoms with Crippen molar-refractivity contribution in [2.45, 2.75) is 6.92 Å². The second-order valence-electron chi connectivity index (χ2n) is 4.38. The minimum atomic E-state index is -2.84. The molecule has 10 nitrogen and oxygen atoms in total. The molecule has 2 amide bonds. The van der Waals surface area contributed by atoms with Gasteiger partial charge in [-0.3, -0.25) is 5.32 Å². The first-order valence-electron chi connectivity index (χ1n) is 7.28. The molecule has 0 atom stereocenters. The number of carbonyl (C=O) groups excluding carboxylic acids is 2. The number of halogens is 1. The van der Waals surface area contributed by atoms with E-state index in [1.54, 1.807) is 19.1 Å². The third kappa shape index (κ3) is 8.74. The Morgan fingerprint density at radius 2 is 1.89 bits per heavy atom. The van der Waals surface area contributed by atoms with Crippen LogP contribution < -0.4 is 10.1 Å². The summed E-state index contributed by atoms with van der Waals surface area (Å²) in [7, 11) is -1.49. The minimum absolute atomic E-state index is 0.0328. The fourth-order valence-electron chi connectivity index (χ4n) is 1.53. The number of esters is 1. The smallest absolute Gasteiger partial charge is 0.362 e. The van der Waals surface area contributed by atoms with Crippen LogP contribution in [0.4, 0.5) is 10.7 Å². The molecule has 0 radical (unpaired) electrons. The summed E-state index contributed by atoms with van der Waals surface area (Å²) < 4.78 is 32.4. The molecular formula is C15H15ClN4O6S. The number of benzene rings is 1. The van der Waals surface area contributed by atoms with E-state index in [4.69, 9.17) is 21.1 Å². The Labute approximate surface area is 161 Å². The highest BCUT2D eigenvalue weighted by atomic mass is 35.5. The predicted octanol–water partition coefficient (Wildman–Crippen LogP) is 2.60. The van der Waals surface area contributed by atoms with Gasteiger partial charge in [0.15, 0.2) is 0 Å². The molecule has 0 spiro atoms. The van der Waals surface area contributed by atoms with E-state index in [9.17, 15) is 18.0 Å². The zero-order chi connectivity index (χ0) is 20.2. The van der Waals surface area contributed by atoms with Gasteiger partial charge in [0.25, 0.3) is 0 Å². The molecule has 0 aliphatic rings. The first-order chi connectivity index (χ1) is 12.8. The molecule has 0 saturated carbocycles. The van der Waals surface area contributed by atoms with Gasteiger partial charge in [0.2, 0.25) is 11.8 Å². The Balaban J connectivity index is 0.000000289. The third-order valence-electron chi connectivity index (χ3n) is 2.54. The van der Waals surface area contributed by atoms with Crippen molar-refractivity contribution in [2.75, 3.05) is 19.0 Å². The average molecular weight is 415 g/mol. The molecule has 27 heavy (non-hydrogen) atoms. The van der Waals surface area contributed by atoms with Crippen LogP contribution in [0.25, 0.3) is 0 Å². The van der Waals surface area contributed by atoms with Gasteiger partial charge in [0.05, 0.1) is 19.3 Å².